The van der Waals surface area contributed by atoms with E-state index in [0.717, 1.165) is 50.4 Å². The van der Waals surface area contributed by atoms with E-state index in [9.17, 15) is 5.11 Å². The van der Waals surface area contributed by atoms with Gasteiger partial charge in [0.05, 0.1) is 18.7 Å². The van der Waals surface area contributed by atoms with Gasteiger partial charge in [-0.2, -0.15) is 0 Å². The van der Waals surface area contributed by atoms with Crippen LogP contribution in [0.3, 0.4) is 0 Å². The molecule has 0 radical (unpaired) electrons. The molecule has 3 N–H and O–H groups in total. The van der Waals surface area contributed by atoms with Crippen LogP contribution in [0.2, 0.25) is 0 Å². The predicted octanol–water partition coefficient (Wildman–Crippen LogP) is 2.86. The van der Waals surface area contributed by atoms with Crippen molar-refractivity contribution in [3.63, 3.8) is 0 Å². The molecule has 0 saturated heterocycles. The Balaban J connectivity index is 0.00000225. The monoisotopic (exact) mass is 459 g/mol. The molecule has 2 aliphatic rings. The summed E-state index contributed by atoms with van der Waals surface area (Å²) in [6.07, 6.45) is 6.20. The number of para-hydroxylation sites is 1. The minimum absolute atomic E-state index is 0. The van der Waals surface area contributed by atoms with Crippen molar-refractivity contribution >= 4 is 29.9 Å². The van der Waals surface area contributed by atoms with E-state index in [4.69, 9.17) is 4.74 Å². The van der Waals surface area contributed by atoms with Gasteiger partial charge in [-0.3, -0.25) is 4.99 Å². The molecule has 0 amide bonds. The summed E-state index contributed by atoms with van der Waals surface area (Å²) >= 11 is 0. The second-order valence-corrected chi connectivity index (χ2v) is 6.91. The molecule has 25 heavy (non-hydrogen) atoms. The number of nitrogens with one attached hydrogen (secondary N) is 2. The van der Waals surface area contributed by atoms with Gasteiger partial charge < -0.3 is 20.5 Å². The maximum Gasteiger partial charge on any atom is 0.191 e. The van der Waals surface area contributed by atoms with Gasteiger partial charge in [-0.25, -0.2) is 0 Å². The molecule has 6 heteroatoms. The highest BCUT2D eigenvalue weighted by atomic mass is 127. The zero-order valence-corrected chi connectivity index (χ0v) is 17.3. The van der Waals surface area contributed by atoms with Crippen LogP contribution in [-0.4, -0.2) is 42.4 Å². The fraction of sp³-hybridized carbons (Fsp3) is 0.632. The van der Waals surface area contributed by atoms with Crippen LogP contribution in [-0.2, 0) is 6.42 Å². The number of benzene rings is 1. The second-order valence-electron chi connectivity index (χ2n) is 6.91. The van der Waals surface area contributed by atoms with E-state index >= 15 is 0 Å². The molecule has 1 atom stereocenters. The SMILES string of the molecule is CCNC(=NCC1(O)CCCCC1)NCC1Cc2ccccc2O1.I. The topological polar surface area (TPSA) is 65.9 Å². The lowest BCUT2D eigenvalue weighted by atomic mass is 9.85. The molecule has 1 saturated carbocycles. The second kappa shape index (κ2) is 9.62. The molecule has 0 aromatic heterocycles. The van der Waals surface area contributed by atoms with Crippen LogP contribution in [0.1, 0.15) is 44.6 Å². The molecule has 140 valence electrons. The maximum absolute atomic E-state index is 10.6. The van der Waals surface area contributed by atoms with Crippen molar-refractivity contribution in [1.82, 2.24) is 10.6 Å². The van der Waals surface area contributed by atoms with E-state index in [1.807, 2.05) is 18.2 Å². The van der Waals surface area contributed by atoms with Gasteiger partial charge in [0, 0.05) is 13.0 Å². The zero-order valence-electron chi connectivity index (χ0n) is 15.0. The average molecular weight is 459 g/mol. The Bertz CT molecular complexity index is 549. The van der Waals surface area contributed by atoms with Crippen molar-refractivity contribution < 1.29 is 9.84 Å². The Kier molecular flexibility index (Phi) is 7.81. The van der Waals surface area contributed by atoms with Gasteiger partial charge in [-0.15, -0.1) is 24.0 Å². The largest absolute Gasteiger partial charge is 0.488 e. The smallest absolute Gasteiger partial charge is 0.191 e. The molecular weight excluding hydrogens is 429 g/mol. The summed E-state index contributed by atoms with van der Waals surface area (Å²) in [6.45, 7) is 4.03. The van der Waals surface area contributed by atoms with Crippen molar-refractivity contribution in [1.29, 1.82) is 0 Å². The van der Waals surface area contributed by atoms with Gasteiger partial charge in [-0.1, -0.05) is 37.5 Å². The molecule has 1 heterocycles. The van der Waals surface area contributed by atoms with Crippen LogP contribution < -0.4 is 15.4 Å². The molecule has 3 rings (SSSR count). The lowest BCUT2D eigenvalue weighted by Crippen LogP contribution is -2.44. The summed E-state index contributed by atoms with van der Waals surface area (Å²) in [5, 5.41) is 17.2. The number of hydrogen-bond donors (Lipinski definition) is 3. The molecule has 0 bridgehead atoms. The van der Waals surface area contributed by atoms with Crippen LogP contribution in [0.25, 0.3) is 0 Å². The van der Waals surface area contributed by atoms with Gasteiger partial charge in [0.2, 0.25) is 0 Å². The summed E-state index contributed by atoms with van der Waals surface area (Å²) in [5.41, 5.74) is 0.642. The van der Waals surface area contributed by atoms with E-state index in [0.29, 0.717) is 13.1 Å². The van der Waals surface area contributed by atoms with Crippen LogP contribution in [0, 0.1) is 0 Å². The molecule has 5 nitrogen and oxygen atoms in total. The molecule has 0 spiro atoms. The summed E-state index contributed by atoms with van der Waals surface area (Å²) in [4.78, 5) is 4.61. The fourth-order valence-electron chi connectivity index (χ4n) is 3.51. The van der Waals surface area contributed by atoms with E-state index in [2.05, 4.69) is 28.6 Å². The van der Waals surface area contributed by atoms with E-state index < -0.39 is 5.60 Å². The molecule has 1 aromatic rings. The summed E-state index contributed by atoms with van der Waals surface area (Å²) in [7, 11) is 0. The maximum atomic E-state index is 10.6. The van der Waals surface area contributed by atoms with Crippen molar-refractivity contribution in [2.24, 2.45) is 4.99 Å². The highest BCUT2D eigenvalue weighted by molar-refractivity contribution is 14.0. The third-order valence-corrected chi connectivity index (χ3v) is 4.87. The number of aliphatic hydroxyl groups is 1. The van der Waals surface area contributed by atoms with Crippen LogP contribution in [0.5, 0.6) is 5.75 Å². The number of guanidine groups is 1. The minimum Gasteiger partial charge on any atom is -0.488 e. The molecular formula is C19H30IN3O2. The first-order valence-corrected chi connectivity index (χ1v) is 9.18. The molecule has 1 aromatic carbocycles. The highest BCUT2D eigenvalue weighted by Gasteiger charge is 2.29. The zero-order chi connectivity index (χ0) is 16.8. The van der Waals surface area contributed by atoms with Crippen LogP contribution in [0.15, 0.2) is 29.3 Å². The Morgan fingerprint density at radius 1 is 1.24 bits per heavy atom. The first kappa shape index (κ1) is 20.3. The van der Waals surface area contributed by atoms with Crippen molar-refractivity contribution in [2.75, 3.05) is 19.6 Å². The number of nitrogens with zero attached hydrogens (tertiary/aromatic N) is 1. The van der Waals surface area contributed by atoms with E-state index in [1.54, 1.807) is 0 Å². The van der Waals surface area contributed by atoms with Crippen LogP contribution >= 0.6 is 24.0 Å². The number of hydrogen-bond acceptors (Lipinski definition) is 3. The summed E-state index contributed by atoms with van der Waals surface area (Å²) < 4.78 is 5.96. The number of halogens is 1. The Morgan fingerprint density at radius 3 is 2.72 bits per heavy atom. The average Bonchev–Trinajstić information content (AvgIpc) is 3.01. The minimum atomic E-state index is -0.624. The van der Waals surface area contributed by atoms with Gasteiger partial charge in [0.1, 0.15) is 11.9 Å². The standard InChI is InChI=1S/C19H29N3O2.HI/c1-2-20-18(22-14-19(23)10-6-3-7-11-19)21-13-16-12-15-8-4-5-9-17(15)24-16;/h4-5,8-9,16,23H,2-3,6-7,10-14H2,1H3,(H2,20,21,22);1H. The third kappa shape index (κ3) is 5.74. The highest BCUT2D eigenvalue weighted by Crippen LogP contribution is 2.29. The van der Waals surface area contributed by atoms with Gasteiger partial charge in [-0.05, 0) is 31.4 Å². The number of rotatable bonds is 5. The van der Waals surface area contributed by atoms with Gasteiger partial charge in [0.15, 0.2) is 5.96 Å². The van der Waals surface area contributed by atoms with Crippen molar-refractivity contribution in [2.45, 2.75) is 57.2 Å². The lowest BCUT2D eigenvalue weighted by Gasteiger charge is -2.30. The van der Waals surface area contributed by atoms with Crippen molar-refractivity contribution in [3.05, 3.63) is 29.8 Å². The summed E-state index contributed by atoms with van der Waals surface area (Å²) in [6, 6.07) is 8.19. The molecule has 1 fully saturated rings. The van der Waals surface area contributed by atoms with Gasteiger partial charge in [0.25, 0.3) is 0 Å². The number of aliphatic imine (C=N–C) groups is 1. The Morgan fingerprint density at radius 2 is 2.00 bits per heavy atom. The molecule has 1 aliphatic heterocycles. The van der Waals surface area contributed by atoms with Gasteiger partial charge >= 0.3 is 0 Å². The van der Waals surface area contributed by atoms with Crippen LogP contribution in [0.4, 0.5) is 0 Å². The Labute approximate surface area is 167 Å². The quantitative estimate of drug-likeness (QED) is 0.360. The predicted molar refractivity (Wildman–Crippen MR) is 112 cm³/mol. The molecule has 1 aliphatic carbocycles. The van der Waals surface area contributed by atoms with E-state index in [1.165, 1.54) is 12.0 Å². The lowest BCUT2D eigenvalue weighted by molar-refractivity contribution is 0.0131. The Hall–Kier alpha value is -1.02. The first-order chi connectivity index (χ1) is 11.7. The first-order valence-electron chi connectivity index (χ1n) is 9.18. The van der Waals surface area contributed by atoms with Crippen molar-refractivity contribution in [3.8, 4) is 5.75 Å². The van der Waals surface area contributed by atoms with E-state index in [-0.39, 0.29) is 30.1 Å². The molecule has 1 unspecified atom stereocenters. The number of fused-ring (bicyclic) bond motifs is 1. The fourth-order valence-corrected chi connectivity index (χ4v) is 3.51. The number of ether oxygens (including phenoxy) is 1. The normalized spacial score (nSPS) is 21.7. The summed E-state index contributed by atoms with van der Waals surface area (Å²) in [5.74, 6) is 1.75. The third-order valence-electron chi connectivity index (χ3n) is 4.87.